The highest BCUT2D eigenvalue weighted by atomic mass is 16.5. The van der Waals surface area contributed by atoms with E-state index in [-0.39, 0.29) is 24.3 Å². The molecule has 4 N–H and O–H groups in total. The molecule has 2 amide bonds. The number of nitrogens with one attached hydrogen (secondary N) is 2. The van der Waals surface area contributed by atoms with Gasteiger partial charge < -0.3 is 25.8 Å². The SMILES string of the molecule is COCCOc1ccc(CNC(=O)CNC(=O)[C@@H](N)C(C)C)cc1. The first-order chi connectivity index (χ1) is 11.4. The molecule has 0 aromatic heterocycles. The summed E-state index contributed by atoms with van der Waals surface area (Å²) in [6.07, 6.45) is 0. The summed E-state index contributed by atoms with van der Waals surface area (Å²) in [4.78, 5) is 23.4. The lowest BCUT2D eigenvalue weighted by Crippen LogP contribution is -2.47. The Morgan fingerprint density at radius 3 is 2.38 bits per heavy atom. The summed E-state index contributed by atoms with van der Waals surface area (Å²) in [5, 5.41) is 5.27. The molecule has 7 nitrogen and oxygen atoms in total. The molecule has 24 heavy (non-hydrogen) atoms. The van der Waals surface area contributed by atoms with Gasteiger partial charge in [-0.15, -0.1) is 0 Å². The van der Waals surface area contributed by atoms with Crippen LogP contribution in [0.25, 0.3) is 0 Å². The Labute approximate surface area is 142 Å². The van der Waals surface area contributed by atoms with Gasteiger partial charge in [0.25, 0.3) is 0 Å². The highest BCUT2D eigenvalue weighted by Gasteiger charge is 2.17. The second-order valence-corrected chi connectivity index (χ2v) is 5.75. The molecule has 7 heteroatoms. The molecule has 0 saturated carbocycles. The number of hydrogen-bond acceptors (Lipinski definition) is 5. The number of carbonyl (C=O) groups is 2. The average molecular weight is 337 g/mol. The predicted molar refractivity (Wildman–Crippen MR) is 91.5 cm³/mol. The van der Waals surface area contributed by atoms with Crippen molar-refractivity contribution in [2.24, 2.45) is 11.7 Å². The first kappa shape index (κ1) is 19.9. The minimum Gasteiger partial charge on any atom is -0.491 e. The molecule has 1 atom stereocenters. The van der Waals surface area contributed by atoms with Crippen molar-refractivity contribution in [3.8, 4) is 5.75 Å². The summed E-state index contributed by atoms with van der Waals surface area (Å²) in [5.74, 6) is 0.187. The Hall–Kier alpha value is -2.12. The lowest BCUT2D eigenvalue weighted by molar-refractivity contribution is -0.127. The zero-order valence-electron chi connectivity index (χ0n) is 14.5. The van der Waals surface area contributed by atoms with Gasteiger partial charge in [-0.25, -0.2) is 0 Å². The van der Waals surface area contributed by atoms with Gasteiger partial charge in [0.1, 0.15) is 12.4 Å². The van der Waals surface area contributed by atoms with E-state index in [1.807, 2.05) is 38.1 Å². The van der Waals surface area contributed by atoms with Crippen molar-refractivity contribution in [2.45, 2.75) is 26.4 Å². The second-order valence-electron chi connectivity index (χ2n) is 5.75. The summed E-state index contributed by atoms with van der Waals surface area (Å²) in [7, 11) is 1.62. The minimum absolute atomic E-state index is 0.0256. The first-order valence-corrected chi connectivity index (χ1v) is 7.94. The van der Waals surface area contributed by atoms with Crippen LogP contribution in [-0.4, -0.2) is 44.7 Å². The zero-order valence-corrected chi connectivity index (χ0v) is 14.5. The van der Waals surface area contributed by atoms with Crippen molar-refractivity contribution in [3.63, 3.8) is 0 Å². The van der Waals surface area contributed by atoms with Gasteiger partial charge in [-0.2, -0.15) is 0 Å². The first-order valence-electron chi connectivity index (χ1n) is 7.94. The van der Waals surface area contributed by atoms with E-state index in [9.17, 15) is 9.59 Å². The van der Waals surface area contributed by atoms with Crippen molar-refractivity contribution < 1.29 is 19.1 Å². The molecular weight excluding hydrogens is 310 g/mol. The van der Waals surface area contributed by atoms with Gasteiger partial charge in [-0.3, -0.25) is 9.59 Å². The molecule has 1 aromatic rings. The summed E-state index contributed by atoms with van der Waals surface area (Å²) >= 11 is 0. The van der Waals surface area contributed by atoms with Gasteiger partial charge >= 0.3 is 0 Å². The van der Waals surface area contributed by atoms with E-state index in [4.69, 9.17) is 15.2 Å². The second kappa shape index (κ2) is 10.6. The number of amides is 2. The van der Waals surface area contributed by atoms with Crippen LogP contribution in [0.2, 0.25) is 0 Å². The van der Waals surface area contributed by atoms with Crippen molar-refractivity contribution >= 4 is 11.8 Å². The van der Waals surface area contributed by atoms with Crippen molar-refractivity contribution in [2.75, 3.05) is 26.9 Å². The van der Waals surface area contributed by atoms with E-state index in [1.54, 1.807) is 7.11 Å². The maximum atomic E-state index is 11.7. The van der Waals surface area contributed by atoms with Gasteiger partial charge in [0.05, 0.1) is 19.2 Å². The fourth-order valence-electron chi connectivity index (χ4n) is 1.80. The predicted octanol–water partition coefficient (Wildman–Crippen LogP) is 0.428. The minimum atomic E-state index is -0.608. The Morgan fingerprint density at radius 1 is 1.12 bits per heavy atom. The topological polar surface area (TPSA) is 103 Å². The molecule has 0 saturated heterocycles. The van der Waals surface area contributed by atoms with Crippen LogP contribution in [-0.2, 0) is 20.9 Å². The molecule has 0 aliphatic rings. The lowest BCUT2D eigenvalue weighted by atomic mass is 10.1. The number of ether oxygens (including phenoxy) is 2. The van der Waals surface area contributed by atoms with Gasteiger partial charge in [0.15, 0.2) is 0 Å². The number of methoxy groups -OCH3 is 1. The van der Waals surface area contributed by atoms with Crippen LogP contribution >= 0.6 is 0 Å². The van der Waals surface area contributed by atoms with E-state index in [2.05, 4.69) is 10.6 Å². The molecule has 0 spiro atoms. The van der Waals surface area contributed by atoms with Gasteiger partial charge in [0.2, 0.25) is 11.8 Å². The van der Waals surface area contributed by atoms with Gasteiger partial charge in [-0.05, 0) is 23.6 Å². The van der Waals surface area contributed by atoms with Crippen LogP contribution in [0.4, 0.5) is 0 Å². The maximum absolute atomic E-state index is 11.7. The third-order valence-electron chi connectivity index (χ3n) is 3.41. The number of nitrogens with two attached hydrogens (primary N) is 1. The fourth-order valence-corrected chi connectivity index (χ4v) is 1.80. The smallest absolute Gasteiger partial charge is 0.239 e. The summed E-state index contributed by atoms with van der Waals surface area (Å²) in [6, 6.07) is 6.80. The third kappa shape index (κ3) is 7.43. The molecule has 134 valence electrons. The van der Waals surface area contributed by atoms with E-state index in [1.165, 1.54) is 0 Å². The largest absolute Gasteiger partial charge is 0.491 e. The molecule has 1 rings (SSSR count). The number of rotatable bonds is 10. The molecule has 1 aromatic carbocycles. The number of carbonyl (C=O) groups excluding carboxylic acids is 2. The van der Waals surface area contributed by atoms with Gasteiger partial charge in [0, 0.05) is 13.7 Å². The third-order valence-corrected chi connectivity index (χ3v) is 3.41. The van der Waals surface area contributed by atoms with E-state index < -0.39 is 6.04 Å². The number of hydrogen-bond donors (Lipinski definition) is 3. The van der Waals surface area contributed by atoms with Crippen LogP contribution in [0, 0.1) is 5.92 Å². The average Bonchev–Trinajstić information content (AvgIpc) is 2.58. The van der Waals surface area contributed by atoms with Crippen LogP contribution in [0.1, 0.15) is 19.4 Å². The Morgan fingerprint density at radius 2 is 1.79 bits per heavy atom. The molecule has 0 aliphatic heterocycles. The van der Waals surface area contributed by atoms with Gasteiger partial charge in [-0.1, -0.05) is 26.0 Å². The quantitative estimate of drug-likeness (QED) is 0.537. The fraction of sp³-hybridized carbons (Fsp3) is 0.529. The summed E-state index contributed by atoms with van der Waals surface area (Å²) < 4.78 is 10.4. The highest BCUT2D eigenvalue weighted by Crippen LogP contribution is 2.11. The zero-order chi connectivity index (χ0) is 17.9. The van der Waals surface area contributed by atoms with E-state index in [0.29, 0.717) is 19.8 Å². The van der Waals surface area contributed by atoms with Crippen molar-refractivity contribution in [1.82, 2.24) is 10.6 Å². The molecule has 0 unspecified atom stereocenters. The molecule has 0 heterocycles. The van der Waals surface area contributed by atoms with E-state index in [0.717, 1.165) is 11.3 Å². The summed E-state index contributed by atoms with van der Waals surface area (Å²) in [5.41, 5.74) is 6.64. The Kier molecular flexibility index (Phi) is 8.81. The van der Waals surface area contributed by atoms with E-state index >= 15 is 0 Å². The lowest BCUT2D eigenvalue weighted by Gasteiger charge is -2.15. The number of benzene rings is 1. The molecule has 0 bridgehead atoms. The van der Waals surface area contributed by atoms with Crippen molar-refractivity contribution in [1.29, 1.82) is 0 Å². The Bertz CT molecular complexity index is 517. The van der Waals surface area contributed by atoms with Crippen LogP contribution < -0.4 is 21.1 Å². The molecule has 0 aliphatic carbocycles. The normalized spacial score (nSPS) is 11.9. The highest BCUT2D eigenvalue weighted by molar-refractivity contribution is 5.87. The molecular formula is C17H27N3O4. The monoisotopic (exact) mass is 337 g/mol. The summed E-state index contributed by atoms with van der Waals surface area (Å²) in [6.45, 7) is 5.02. The van der Waals surface area contributed by atoms with Crippen LogP contribution in [0.15, 0.2) is 24.3 Å². The molecule has 0 fully saturated rings. The van der Waals surface area contributed by atoms with Crippen molar-refractivity contribution in [3.05, 3.63) is 29.8 Å². The van der Waals surface area contributed by atoms with Crippen LogP contribution in [0.3, 0.4) is 0 Å². The maximum Gasteiger partial charge on any atom is 0.239 e. The molecule has 0 radical (unpaired) electrons. The Balaban J connectivity index is 2.30. The standard InChI is InChI=1S/C17H27N3O4/c1-12(2)16(18)17(22)20-11-15(21)19-10-13-4-6-14(7-5-13)24-9-8-23-3/h4-7,12,16H,8-11,18H2,1-3H3,(H,19,21)(H,20,22)/t16-/m0/s1. The van der Waals surface area contributed by atoms with Crippen LogP contribution in [0.5, 0.6) is 5.75 Å².